The number of hydrogen-bond donors (Lipinski definition) is 1. The number of nitrogens with one attached hydrogen (secondary N) is 1. The number of hydrogen-bond acceptors (Lipinski definition) is 6. The molecule has 2 aromatic carbocycles. The number of fused-ring (bicyclic) bond motifs is 1. The molecule has 0 bridgehead atoms. The molecular weight excluding hydrogens is 420 g/mol. The zero-order chi connectivity index (χ0) is 20.9. The van der Waals surface area contributed by atoms with Crippen LogP contribution in [0, 0.1) is 0 Å². The first-order valence-corrected chi connectivity index (χ1v) is 10.7. The molecule has 4 rings (SSSR count). The number of ether oxygens (including phenoxy) is 1. The second-order valence-corrected chi connectivity index (χ2v) is 7.93. The number of rotatable bonds is 7. The Morgan fingerprint density at radius 1 is 1.23 bits per heavy atom. The van der Waals surface area contributed by atoms with Gasteiger partial charge in [-0.25, -0.2) is 4.42 Å². The molecule has 0 atom stereocenters. The van der Waals surface area contributed by atoms with Crippen molar-refractivity contribution in [2.24, 2.45) is 4.99 Å². The normalized spacial score (nSPS) is 12.9. The molecule has 1 N–H and O–H groups in total. The third-order valence-electron chi connectivity index (χ3n) is 4.59. The molecule has 0 radical (unpaired) electrons. The highest BCUT2D eigenvalue weighted by Crippen LogP contribution is 2.27. The first-order valence-electron chi connectivity index (χ1n) is 9.51. The van der Waals surface area contributed by atoms with E-state index in [1.165, 1.54) is 15.8 Å². The van der Waals surface area contributed by atoms with Crippen molar-refractivity contribution in [3.8, 4) is 5.75 Å². The van der Waals surface area contributed by atoms with E-state index < -0.39 is 0 Å². The number of para-hydroxylation sites is 1. The molecule has 2 heterocycles. The van der Waals surface area contributed by atoms with Crippen molar-refractivity contribution in [1.82, 2.24) is 9.74 Å². The van der Waals surface area contributed by atoms with Crippen LogP contribution in [0.5, 0.6) is 5.75 Å². The topological polar surface area (TPSA) is 57.2 Å². The molecule has 8 heteroatoms. The molecule has 154 valence electrons. The number of thiophene rings is 1. The number of benzene rings is 2. The molecule has 0 saturated carbocycles. The Bertz CT molecular complexity index is 1140. The number of anilines is 1. The molecule has 0 aliphatic carbocycles. The zero-order valence-electron chi connectivity index (χ0n) is 16.4. The Morgan fingerprint density at radius 2 is 2.07 bits per heavy atom. The van der Waals surface area contributed by atoms with Gasteiger partial charge in [-0.2, -0.15) is 0 Å². The molecule has 1 aliphatic rings. The third-order valence-corrected chi connectivity index (χ3v) is 5.71. The van der Waals surface area contributed by atoms with Crippen LogP contribution in [0.1, 0.15) is 9.67 Å². The van der Waals surface area contributed by atoms with Crippen LogP contribution >= 0.6 is 23.1 Å². The van der Waals surface area contributed by atoms with Crippen molar-refractivity contribution in [3.05, 3.63) is 81.5 Å². The fourth-order valence-electron chi connectivity index (χ4n) is 3.18. The van der Waals surface area contributed by atoms with Gasteiger partial charge in [0.15, 0.2) is 0 Å². The molecular formula is C22H21ClN4O2S. The van der Waals surface area contributed by atoms with Gasteiger partial charge in [-0.05, 0) is 48.8 Å². The SMILES string of the molecule is CNCCOc1ccc2c(c1)=C(N(C(=O)c1cccs1)c1ccccc1)N(Cl)CN=2. The van der Waals surface area contributed by atoms with Crippen molar-refractivity contribution >= 4 is 40.5 Å². The monoisotopic (exact) mass is 440 g/mol. The predicted octanol–water partition coefficient (Wildman–Crippen LogP) is 2.81. The molecule has 3 aromatic rings. The number of amides is 1. The number of halogens is 1. The Labute approximate surface area is 183 Å². The van der Waals surface area contributed by atoms with Gasteiger partial charge in [0.25, 0.3) is 5.91 Å². The number of carbonyl (C=O) groups is 1. The lowest BCUT2D eigenvalue weighted by Gasteiger charge is -2.31. The lowest BCUT2D eigenvalue weighted by Crippen LogP contribution is -2.46. The lowest BCUT2D eigenvalue weighted by atomic mass is 10.2. The number of nitrogens with zero attached hydrogens (tertiary/aromatic N) is 3. The first kappa shape index (κ1) is 20.4. The van der Waals surface area contributed by atoms with Crippen LogP contribution in [-0.4, -0.2) is 37.2 Å². The van der Waals surface area contributed by atoms with Crippen LogP contribution in [0.15, 0.2) is 71.0 Å². The summed E-state index contributed by atoms with van der Waals surface area (Å²) in [5.41, 5.74) is 0.728. The third kappa shape index (κ3) is 4.18. The van der Waals surface area contributed by atoms with E-state index in [9.17, 15) is 4.79 Å². The van der Waals surface area contributed by atoms with Gasteiger partial charge in [0, 0.05) is 23.5 Å². The van der Waals surface area contributed by atoms with E-state index in [1.807, 2.05) is 73.1 Å². The Morgan fingerprint density at radius 3 is 2.80 bits per heavy atom. The molecule has 0 unspecified atom stereocenters. The van der Waals surface area contributed by atoms with Crippen molar-refractivity contribution in [3.63, 3.8) is 0 Å². The summed E-state index contributed by atoms with van der Waals surface area (Å²) in [6, 6.07) is 18.8. The minimum absolute atomic E-state index is 0.147. The van der Waals surface area contributed by atoms with Gasteiger partial charge in [0.1, 0.15) is 24.8 Å². The summed E-state index contributed by atoms with van der Waals surface area (Å²) >= 11 is 8.00. The smallest absolute Gasteiger partial charge is 0.274 e. The van der Waals surface area contributed by atoms with Gasteiger partial charge in [0.2, 0.25) is 0 Å². The highest BCUT2D eigenvalue weighted by molar-refractivity contribution is 7.12. The van der Waals surface area contributed by atoms with Gasteiger partial charge in [-0.3, -0.25) is 14.7 Å². The average molecular weight is 441 g/mol. The molecule has 6 nitrogen and oxygen atoms in total. The van der Waals surface area contributed by atoms with E-state index >= 15 is 0 Å². The Hall–Kier alpha value is -2.87. The van der Waals surface area contributed by atoms with Gasteiger partial charge in [0.05, 0.1) is 15.9 Å². The summed E-state index contributed by atoms with van der Waals surface area (Å²) in [5, 5.41) is 6.45. The van der Waals surface area contributed by atoms with Crippen LogP contribution in [-0.2, 0) is 0 Å². The van der Waals surface area contributed by atoms with Crippen LogP contribution in [0.3, 0.4) is 0 Å². The number of carbonyl (C=O) groups excluding carboxylic acids is 1. The van der Waals surface area contributed by atoms with E-state index in [2.05, 4.69) is 10.3 Å². The highest BCUT2D eigenvalue weighted by Gasteiger charge is 2.28. The average Bonchev–Trinajstić information content (AvgIpc) is 3.31. The van der Waals surface area contributed by atoms with Crippen LogP contribution in [0.25, 0.3) is 5.82 Å². The van der Waals surface area contributed by atoms with Crippen molar-refractivity contribution < 1.29 is 9.53 Å². The summed E-state index contributed by atoms with van der Waals surface area (Å²) in [6.07, 6.45) is 0. The van der Waals surface area contributed by atoms with Gasteiger partial charge < -0.3 is 10.1 Å². The standard InChI is InChI=1S/C22H21ClN4O2S/c1-24-11-12-29-17-9-10-19-18(14-17)21(26(23)15-25-19)27(16-6-3-2-4-7-16)22(28)20-8-5-13-30-20/h2-10,13-14,24H,11-12,15H2,1H3. The summed E-state index contributed by atoms with van der Waals surface area (Å²) in [7, 11) is 1.88. The van der Waals surface area contributed by atoms with E-state index in [0.717, 1.165) is 22.8 Å². The predicted molar refractivity (Wildman–Crippen MR) is 120 cm³/mol. The van der Waals surface area contributed by atoms with Gasteiger partial charge in [-0.1, -0.05) is 24.3 Å². The Kier molecular flexibility index (Phi) is 6.32. The largest absolute Gasteiger partial charge is 0.492 e. The van der Waals surface area contributed by atoms with E-state index in [1.54, 1.807) is 4.90 Å². The van der Waals surface area contributed by atoms with Gasteiger partial charge >= 0.3 is 0 Å². The first-order chi connectivity index (χ1) is 14.7. The van der Waals surface area contributed by atoms with Crippen LogP contribution in [0.2, 0.25) is 0 Å². The van der Waals surface area contributed by atoms with Crippen molar-refractivity contribution in [1.29, 1.82) is 0 Å². The molecule has 1 aromatic heterocycles. The maximum Gasteiger partial charge on any atom is 0.274 e. The maximum absolute atomic E-state index is 13.5. The lowest BCUT2D eigenvalue weighted by molar-refractivity contribution is 0.100. The molecule has 0 fully saturated rings. The molecule has 1 amide bonds. The van der Waals surface area contributed by atoms with Crippen molar-refractivity contribution in [2.45, 2.75) is 0 Å². The van der Waals surface area contributed by atoms with E-state index in [4.69, 9.17) is 16.5 Å². The van der Waals surface area contributed by atoms with Crippen LogP contribution < -0.4 is 25.5 Å². The Balaban J connectivity index is 1.89. The summed E-state index contributed by atoms with van der Waals surface area (Å²) in [4.78, 5) is 20.3. The molecule has 0 spiro atoms. The fourth-order valence-corrected chi connectivity index (χ4v) is 4.05. The van der Waals surface area contributed by atoms with Gasteiger partial charge in [-0.15, -0.1) is 11.3 Å². The van der Waals surface area contributed by atoms with Crippen LogP contribution in [0.4, 0.5) is 5.69 Å². The van der Waals surface area contributed by atoms with E-state index in [-0.39, 0.29) is 12.6 Å². The second kappa shape index (κ2) is 9.30. The minimum Gasteiger partial charge on any atom is -0.492 e. The summed E-state index contributed by atoms with van der Waals surface area (Å²) in [6.45, 7) is 1.50. The number of likely N-dealkylation sites (N-methyl/N-ethyl adjacent to an activating group) is 1. The zero-order valence-corrected chi connectivity index (χ0v) is 18.0. The minimum atomic E-state index is -0.147. The quantitative estimate of drug-likeness (QED) is 0.453. The molecule has 1 aliphatic heterocycles. The molecule has 30 heavy (non-hydrogen) atoms. The summed E-state index contributed by atoms with van der Waals surface area (Å²) < 4.78 is 7.30. The highest BCUT2D eigenvalue weighted by atomic mass is 35.5. The fraction of sp³-hybridized carbons (Fsp3) is 0.182. The van der Waals surface area contributed by atoms with E-state index in [0.29, 0.717) is 23.1 Å². The van der Waals surface area contributed by atoms with Crippen molar-refractivity contribution in [2.75, 3.05) is 31.8 Å². The maximum atomic E-state index is 13.5. The molecule has 0 saturated heterocycles. The summed E-state index contributed by atoms with van der Waals surface area (Å²) in [5.74, 6) is 1.11. The second-order valence-electron chi connectivity index (χ2n) is 6.57.